The highest BCUT2D eigenvalue weighted by molar-refractivity contribution is 5.97. The number of carbonyl (C=O) groups is 1. The topological polar surface area (TPSA) is 80.0 Å². The second-order valence-corrected chi connectivity index (χ2v) is 5.72. The second kappa shape index (κ2) is 7.23. The average molecular weight is 324 g/mol. The summed E-state index contributed by atoms with van der Waals surface area (Å²) in [5.41, 5.74) is 3.15. The number of fused-ring (bicyclic) bond motifs is 1. The summed E-state index contributed by atoms with van der Waals surface area (Å²) in [5, 5.41) is 20.2. The molecule has 0 radical (unpaired) electrons. The summed E-state index contributed by atoms with van der Waals surface area (Å²) >= 11 is 0. The molecule has 3 aromatic rings. The lowest BCUT2D eigenvalue weighted by Crippen LogP contribution is -2.28. The van der Waals surface area contributed by atoms with E-state index in [0.29, 0.717) is 23.9 Å². The molecule has 0 saturated heterocycles. The summed E-state index contributed by atoms with van der Waals surface area (Å²) in [6.45, 7) is 0.102. The number of hydrogen-bond acceptors (Lipinski definition) is 4. The van der Waals surface area contributed by atoms with Crippen molar-refractivity contribution in [2.24, 2.45) is 7.05 Å². The van der Waals surface area contributed by atoms with Gasteiger partial charge in [-0.05, 0) is 36.6 Å². The Bertz CT molecular complexity index is 829. The van der Waals surface area contributed by atoms with Crippen molar-refractivity contribution in [3.8, 4) is 0 Å². The molecule has 6 nitrogen and oxygen atoms in total. The van der Waals surface area contributed by atoms with E-state index in [1.54, 1.807) is 16.8 Å². The van der Waals surface area contributed by atoms with Gasteiger partial charge >= 0.3 is 0 Å². The minimum atomic E-state index is -0.158. The maximum Gasteiger partial charge on any atom is 0.251 e. The van der Waals surface area contributed by atoms with Crippen molar-refractivity contribution in [2.45, 2.75) is 18.9 Å². The van der Waals surface area contributed by atoms with Gasteiger partial charge in [0.05, 0.1) is 11.6 Å². The fourth-order valence-corrected chi connectivity index (χ4v) is 2.73. The van der Waals surface area contributed by atoms with Gasteiger partial charge in [-0.1, -0.05) is 35.5 Å². The van der Waals surface area contributed by atoms with Gasteiger partial charge in [0.25, 0.3) is 5.91 Å². The number of nitrogens with one attached hydrogen (secondary N) is 1. The Balaban J connectivity index is 1.81. The lowest BCUT2D eigenvalue weighted by Gasteiger charge is -2.19. The summed E-state index contributed by atoms with van der Waals surface area (Å²) in [5.74, 6) is -0.158. The smallest absolute Gasteiger partial charge is 0.251 e. The summed E-state index contributed by atoms with van der Waals surface area (Å²) < 4.78 is 1.67. The number of benzene rings is 2. The van der Waals surface area contributed by atoms with Crippen LogP contribution in [0.25, 0.3) is 11.0 Å². The summed E-state index contributed by atoms with van der Waals surface area (Å²) in [7, 11) is 1.81. The minimum absolute atomic E-state index is 0.102. The van der Waals surface area contributed by atoms with Crippen molar-refractivity contribution in [1.82, 2.24) is 20.3 Å². The molecule has 0 fully saturated rings. The van der Waals surface area contributed by atoms with Gasteiger partial charge in [-0.3, -0.25) is 4.79 Å². The van der Waals surface area contributed by atoms with Crippen molar-refractivity contribution in [2.75, 3.05) is 6.61 Å². The van der Waals surface area contributed by atoms with Crippen LogP contribution in [-0.2, 0) is 7.05 Å². The molecule has 0 aliphatic carbocycles. The quantitative estimate of drug-likeness (QED) is 0.728. The molecule has 1 heterocycles. The SMILES string of the molecule is Cn1nnc2cc(C(=O)NC(CCCO)c3ccccc3)ccc21. The zero-order chi connectivity index (χ0) is 16.9. The molecule has 124 valence electrons. The number of hydrogen-bond donors (Lipinski definition) is 2. The van der Waals surface area contributed by atoms with E-state index < -0.39 is 0 Å². The van der Waals surface area contributed by atoms with Crippen LogP contribution < -0.4 is 5.32 Å². The maximum absolute atomic E-state index is 12.6. The molecule has 2 N–H and O–H groups in total. The Morgan fingerprint density at radius 2 is 2.04 bits per heavy atom. The molecule has 0 spiro atoms. The van der Waals surface area contributed by atoms with Crippen LogP contribution in [-0.4, -0.2) is 32.6 Å². The Morgan fingerprint density at radius 1 is 1.25 bits per heavy atom. The number of carbonyl (C=O) groups excluding carboxylic acids is 1. The van der Waals surface area contributed by atoms with Crippen LogP contribution in [0, 0.1) is 0 Å². The third-order valence-corrected chi connectivity index (χ3v) is 4.03. The molecule has 6 heteroatoms. The van der Waals surface area contributed by atoms with Crippen molar-refractivity contribution in [3.05, 3.63) is 59.7 Å². The lowest BCUT2D eigenvalue weighted by atomic mass is 10.0. The highest BCUT2D eigenvalue weighted by Crippen LogP contribution is 2.20. The zero-order valence-electron chi connectivity index (χ0n) is 13.5. The molecule has 0 bridgehead atoms. The van der Waals surface area contributed by atoms with Gasteiger partial charge in [0.2, 0.25) is 0 Å². The van der Waals surface area contributed by atoms with E-state index in [9.17, 15) is 4.79 Å². The van der Waals surface area contributed by atoms with E-state index in [-0.39, 0.29) is 18.6 Å². The molecule has 1 amide bonds. The molecule has 0 aliphatic rings. The van der Waals surface area contributed by atoms with Gasteiger partial charge in [-0.15, -0.1) is 5.10 Å². The highest BCUT2D eigenvalue weighted by atomic mass is 16.3. The van der Waals surface area contributed by atoms with Gasteiger partial charge in [-0.2, -0.15) is 0 Å². The molecule has 1 aromatic heterocycles. The van der Waals surface area contributed by atoms with E-state index in [2.05, 4.69) is 15.6 Å². The van der Waals surface area contributed by atoms with Gasteiger partial charge in [0.15, 0.2) is 0 Å². The van der Waals surface area contributed by atoms with Gasteiger partial charge in [0, 0.05) is 19.2 Å². The molecular weight excluding hydrogens is 304 g/mol. The van der Waals surface area contributed by atoms with Crippen molar-refractivity contribution in [1.29, 1.82) is 0 Å². The van der Waals surface area contributed by atoms with Crippen LogP contribution >= 0.6 is 0 Å². The molecule has 3 rings (SSSR count). The van der Waals surface area contributed by atoms with E-state index in [4.69, 9.17) is 5.11 Å². The largest absolute Gasteiger partial charge is 0.396 e. The van der Waals surface area contributed by atoms with Gasteiger partial charge in [0.1, 0.15) is 5.52 Å². The summed E-state index contributed by atoms with van der Waals surface area (Å²) in [6.07, 6.45) is 1.31. The number of aromatic nitrogens is 3. The van der Waals surface area contributed by atoms with Gasteiger partial charge in [-0.25, -0.2) is 4.68 Å². The molecule has 24 heavy (non-hydrogen) atoms. The zero-order valence-corrected chi connectivity index (χ0v) is 13.5. The van der Waals surface area contributed by atoms with Crippen molar-refractivity contribution >= 4 is 16.9 Å². The first-order chi connectivity index (χ1) is 11.7. The maximum atomic E-state index is 12.6. The third-order valence-electron chi connectivity index (χ3n) is 4.03. The molecule has 1 unspecified atom stereocenters. The van der Waals surface area contributed by atoms with Gasteiger partial charge < -0.3 is 10.4 Å². The van der Waals surface area contributed by atoms with E-state index in [1.807, 2.05) is 43.4 Å². The van der Waals surface area contributed by atoms with Crippen LogP contribution in [0.3, 0.4) is 0 Å². The third kappa shape index (κ3) is 3.44. The number of nitrogens with zero attached hydrogens (tertiary/aromatic N) is 3. The van der Waals surface area contributed by atoms with Crippen LogP contribution in [0.15, 0.2) is 48.5 Å². The van der Waals surface area contributed by atoms with Crippen LogP contribution in [0.2, 0.25) is 0 Å². The summed E-state index contributed by atoms with van der Waals surface area (Å²) in [4.78, 5) is 12.6. The number of aliphatic hydroxyl groups excluding tert-OH is 1. The Labute approximate surface area is 140 Å². The first kappa shape index (κ1) is 16.1. The van der Waals surface area contributed by atoms with Crippen molar-refractivity contribution in [3.63, 3.8) is 0 Å². The second-order valence-electron chi connectivity index (χ2n) is 5.72. The number of aryl methyl sites for hydroxylation is 1. The predicted molar refractivity (Wildman–Crippen MR) is 91.5 cm³/mol. The minimum Gasteiger partial charge on any atom is -0.396 e. The van der Waals surface area contributed by atoms with Crippen LogP contribution in [0.4, 0.5) is 0 Å². The Morgan fingerprint density at radius 3 is 2.79 bits per heavy atom. The van der Waals surface area contributed by atoms with Crippen molar-refractivity contribution < 1.29 is 9.90 Å². The molecule has 1 atom stereocenters. The Kier molecular flexibility index (Phi) is 4.86. The first-order valence-corrected chi connectivity index (χ1v) is 7.95. The molecule has 0 aliphatic heterocycles. The lowest BCUT2D eigenvalue weighted by molar-refractivity contribution is 0.0932. The molecular formula is C18H20N4O2. The molecule has 0 saturated carbocycles. The fourth-order valence-electron chi connectivity index (χ4n) is 2.73. The van der Waals surface area contributed by atoms with E-state index in [1.165, 1.54) is 0 Å². The fraction of sp³-hybridized carbons (Fsp3) is 0.278. The standard InChI is InChI=1S/C18H20N4O2/c1-22-17-10-9-14(12-16(17)20-21-22)18(24)19-15(8-5-11-23)13-6-3-2-4-7-13/h2-4,6-7,9-10,12,15,23H,5,8,11H2,1H3,(H,19,24). The molecule has 2 aromatic carbocycles. The van der Waals surface area contributed by atoms with Crippen LogP contribution in [0.1, 0.15) is 34.8 Å². The normalized spacial score (nSPS) is 12.2. The van der Waals surface area contributed by atoms with E-state index >= 15 is 0 Å². The average Bonchev–Trinajstić information content (AvgIpc) is 2.99. The van der Waals surface area contributed by atoms with E-state index in [0.717, 1.165) is 11.1 Å². The number of aliphatic hydroxyl groups is 1. The highest BCUT2D eigenvalue weighted by Gasteiger charge is 2.16. The monoisotopic (exact) mass is 324 g/mol. The predicted octanol–water partition coefficient (Wildman–Crippen LogP) is 2.21. The summed E-state index contributed by atoms with van der Waals surface area (Å²) in [6, 6.07) is 15.0. The number of rotatable bonds is 6. The first-order valence-electron chi connectivity index (χ1n) is 7.95. The number of amides is 1. The Hall–Kier alpha value is -2.73. The van der Waals surface area contributed by atoms with Crippen LogP contribution in [0.5, 0.6) is 0 Å².